The number of hydrogen-bond donors (Lipinski definition) is 1. The normalized spacial score (nSPS) is 10.3. The molecule has 1 aromatic heterocycles. The standard InChI is InChI=1S/C12H14N2O2/c1-2-14-9-13-7-10(14)8-16-12-5-3-11(15)4-6-12/h3-7,9,15H,2,8H2,1H3. The van der Waals surface area contributed by atoms with Crippen molar-refractivity contribution in [2.75, 3.05) is 0 Å². The average Bonchev–Trinajstić information content (AvgIpc) is 2.76. The summed E-state index contributed by atoms with van der Waals surface area (Å²) in [5.74, 6) is 0.979. The second-order valence-electron chi connectivity index (χ2n) is 3.45. The number of aromatic nitrogens is 2. The molecule has 2 rings (SSSR count). The molecule has 2 aromatic rings. The molecule has 4 nitrogen and oxygen atoms in total. The Morgan fingerprint density at radius 3 is 2.75 bits per heavy atom. The molecule has 0 aliphatic rings. The fraction of sp³-hybridized carbons (Fsp3) is 0.250. The molecule has 0 bridgehead atoms. The van der Waals surface area contributed by atoms with Crippen LogP contribution in [0, 0.1) is 0 Å². The number of aryl methyl sites for hydroxylation is 1. The number of nitrogens with zero attached hydrogens (tertiary/aromatic N) is 2. The van der Waals surface area contributed by atoms with Crippen molar-refractivity contribution in [3.05, 3.63) is 42.5 Å². The number of phenolic OH excluding ortho intramolecular Hbond substituents is 1. The number of benzene rings is 1. The van der Waals surface area contributed by atoms with Crippen molar-refractivity contribution in [1.82, 2.24) is 9.55 Å². The number of rotatable bonds is 4. The molecule has 1 heterocycles. The molecule has 0 fully saturated rings. The third kappa shape index (κ3) is 2.34. The summed E-state index contributed by atoms with van der Waals surface area (Å²) >= 11 is 0. The first-order valence-corrected chi connectivity index (χ1v) is 5.20. The lowest BCUT2D eigenvalue weighted by molar-refractivity contribution is 0.295. The van der Waals surface area contributed by atoms with Crippen LogP contribution in [0.4, 0.5) is 0 Å². The molecule has 1 N–H and O–H groups in total. The molecule has 0 aliphatic carbocycles. The second kappa shape index (κ2) is 4.70. The van der Waals surface area contributed by atoms with Gasteiger partial charge in [-0.05, 0) is 31.2 Å². The quantitative estimate of drug-likeness (QED) is 0.855. The molecule has 0 atom stereocenters. The van der Waals surface area contributed by atoms with Crippen LogP contribution in [-0.4, -0.2) is 14.7 Å². The van der Waals surface area contributed by atoms with Gasteiger partial charge in [0.2, 0.25) is 0 Å². The van der Waals surface area contributed by atoms with Crippen LogP contribution < -0.4 is 4.74 Å². The number of imidazole rings is 1. The van der Waals surface area contributed by atoms with E-state index in [2.05, 4.69) is 11.9 Å². The summed E-state index contributed by atoms with van der Waals surface area (Å²) in [6, 6.07) is 6.68. The summed E-state index contributed by atoms with van der Waals surface area (Å²) < 4.78 is 7.60. The third-order valence-electron chi connectivity index (χ3n) is 2.36. The monoisotopic (exact) mass is 218 g/mol. The maximum absolute atomic E-state index is 9.12. The van der Waals surface area contributed by atoms with E-state index in [1.807, 2.05) is 4.57 Å². The van der Waals surface area contributed by atoms with Crippen LogP contribution in [0.25, 0.3) is 0 Å². The minimum Gasteiger partial charge on any atom is -0.508 e. The predicted molar refractivity (Wildman–Crippen MR) is 60.3 cm³/mol. The first-order chi connectivity index (χ1) is 7.79. The van der Waals surface area contributed by atoms with Crippen molar-refractivity contribution in [1.29, 1.82) is 0 Å². The van der Waals surface area contributed by atoms with Gasteiger partial charge in [-0.25, -0.2) is 4.98 Å². The van der Waals surface area contributed by atoms with Gasteiger partial charge in [-0.3, -0.25) is 0 Å². The van der Waals surface area contributed by atoms with Gasteiger partial charge >= 0.3 is 0 Å². The van der Waals surface area contributed by atoms with E-state index in [9.17, 15) is 0 Å². The van der Waals surface area contributed by atoms with Gasteiger partial charge in [0, 0.05) is 6.54 Å². The molecule has 0 aliphatic heterocycles. The van der Waals surface area contributed by atoms with Crippen LogP contribution in [0.2, 0.25) is 0 Å². The smallest absolute Gasteiger partial charge is 0.130 e. The van der Waals surface area contributed by atoms with Crippen molar-refractivity contribution in [2.24, 2.45) is 0 Å². The van der Waals surface area contributed by atoms with Gasteiger partial charge < -0.3 is 14.4 Å². The SMILES string of the molecule is CCn1cncc1COc1ccc(O)cc1. The molecule has 4 heteroatoms. The van der Waals surface area contributed by atoms with Gasteiger partial charge in [-0.2, -0.15) is 0 Å². The van der Waals surface area contributed by atoms with E-state index in [0.717, 1.165) is 18.0 Å². The Bertz CT molecular complexity index is 448. The van der Waals surface area contributed by atoms with Crippen LogP contribution in [0.1, 0.15) is 12.6 Å². The van der Waals surface area contributed by atoms with Crippen LogP contribution in [-0.2, 0) is 13.2 Å². The van der Waals surface area contributed by atoms with E-state index in [0.29, 0.717) is 6.61 Å². The van der Waals surface area contributed by atoms with E-state index in [4.69, 9.17) is 9.84 Å². The Morgan fingerprint density at radius 2 is 2.06 bits per heavy atom. The van der Waals surface area contributed by atoms with Crippen LogP contribution in [0.5, 0.6) is 11.5 Å². The summed E-state index contributed by atoms with van der Waals surface area (Å²) in [5.41, 5.74) is 1.04. The first kappa shape index (κ1) is 10.5. The Morgan fingerprint density at radius 1 is 1.31 bits per heavy atom. The Hall–Kier alpha value is -1.97. The van der Waals surface area contributed by atoms with Crippen molar-refractivity contribution in [3.63, 3.8) is 0 Å². The fourth-order valence-corrected chi connectivity index (χ4v) is 1.45. The summed E-state index contributed by atoms with van der Waals surface area (Å²) in [4.78, 5) is 4.06. The summed E-state index contributed by atoms with van der Waals surface area (Å²) in [7, 11) is 0. The summed E-state index contributed by atoms with van der Waals surface area (Å²) in [5, 5.41) is 9.12. The Labute approximate surface area is 94.1 Å². The van der Waals surface area contributed by atoms with Crippen molar-refractivity contribution >= 4 is 0 Å². The lowest BCUT2D eigenvalue weighted by atomic mass is 10.3. The van der Waals surface area contributed by atoms with Crippen LogP contribution in [0.3, 0.4) is 0 Å². The number of hydrogen-bond acceptors (Lipinski definition) is 3. The molecule has 84 valence electrons. The van der Waals surface area contributed by atoms with E-state index in [-0.39, 0.29) is 5.75 Å². The maximum atomic E-state index is 9.12. The van der Waals surface area contributed by atoms with E-state index < -0.39 is 0 Å². The van der Waals surface area contributed by atoms with E-state index >= 15 is 0 Å². The van der Waals surface area contributed by atoms with E-state index in [1.54, 1.807) is 36.8 Å². The van der Waals surface area contributed by atoms with Crippen molar-refractivity contribution in [2.45, 2.75) is 20.1 Å². The highest BCUT2D eigenvalue weighted by molar-refractivity contribution is 5.30. The van der Waals surface area contributed by atoms with Gasteiger partial charge in [0.05, 0.1) is 18.2 Å². The highest BCUT2D eigenvalue weighted by Crippen LogP contribution is 2.17. The molecule has 0 amide bonds. The first-order valence-electron chi connectivity index (χ1n) is 5.20. The molecule has 0 saturated carbocycles. The van der Waals surface area contributed by atoms with E-state index in [1.165, 1.54) is 0 Å². The Kier molecular flexibility index (Phi) is 3.10. The van der Waals surface area contributed by atoms with Crippen molar-refractivity contribution in [3.8, 4) is 11.5 Å². The van der Waals surface area contributed by atoms with Gasteiger partial charge in [-0.1, -0.05) is 0 Å². The number of aromatic hydroxyl groups is 1. The lowest BCUT2D eigenvalue weighted by Crippen LogP contribution is -2.03. The molecule has 0 saturated heterocycles. The van der Waals surface area contributed by atoms with Gasteiger partial charge in [0.1, 0.15) is 18.1 Å². The summed E-state index contributed by atoms with van der Waals surface area (Å²) in [6.07, 6.45) is 3.58. The largest absolute Gasteiger partial charge is 0.508 e. The topological polar surface area (TPSA) is 47.3 Å². The maximum Gasteiger partial charge on any atom is 0.130 e. The van der Waals surface area contributed by atoms with Crippen LogP contribution >= 0.6 is 0 Å². The fourth-order valence-electron chi connectivity index (χ4n) is 1.45. The predicted octanol–water partition coefficient (Wildman–Crippen LogP) is 2.19. The number of ether oxygens (including phenoxy) is 1. The molecule has 0 unspecified atom stereocenters. The highest BCUT2D eigenvalue weighted by Gasteiger charge is 2.01. The molecular weight excluding hydrogens is 204 g/mol. The molecule has 16 heavy (non-hydrogen) atoms. The minimum atomic E-state index is 0.242. The highest BCUT2D eigenvalue weighted by atomic mass is 16.5. The molecule has 0 spiro atoms. The zero-order valence-corrected chi connectivity index (χ0v) is 9.13. The van der Waals surface area contributed by atoms with Gasteiger partial charge in [0.25, 0.3) is 0 Å². The molecular formula is C12H14N2O2. The minimum absolute atomic E-state index is 0.242. The van der Waals surface area contributed by atoms with Gasteiger partial charge in [0.15, 0.2) is 0 Å². The zero-order valence-electron chi connectivity index (χ0n) is 9.13. The Balaban J connectivity index is 1.99. The summed E-state index contributed by atoms with van der Waals surface area (Å²) in [6.45, 7) is 3.43. The van der Waals surface area contributed by atoms with Gasteiger partial charge in [-0.15, -0.1) is 0 Å². The average molecular weight is 218 g/mol. The zero-order chi connectivity index (χ0) is 11.4. The number of phenols is 1. The second-order valence-corrected chi connectivity index (χ2v) is 3.45. The third-order valence-corrected chi connectivity index (χ3v) is 2.36. The molecule has 1 aromatic carbocycles. The molecule has 0 radical (unpaired) electrons. The van der Waals surface area contributed by atoms with Crippen molar-refractivity contribution < 1.29 is 9.84 Å². The van der Waals surface area contributed by atoms with Crippen LogP contribution in [0.15, 0.2) is 36.8 Å². The lowest BCUT2D eigenvalue weighted by Gasteiger charge is -2.07.